The number of hydrogen-bond donors (Lipinski definition) is 1. The van der Waals surface area contributed by atoms with E-state index < -0.39 is 12.1 Å². The van der Waals surface area contributed by atoms with E-state index in [1.54, 1.807) is 24.3 Å². The number of nitrogens with one attached hydrogen (secondary N) is 1. The Balaban J connectivity index is 1.71. The summed E-state index contributed by atoms with van der Waals surface area (Å²) >= 11 is 1.53. The van der Waals surface area contributed by atoms with Gasteiger partial charge in [-0.3, -0.25) is 9.59 Å². The van der Waals surface area contributed by atoms with Gasteiger partial charge in [-0.15, -0.1) is 11.3 Å². The molecule has 24 heavy (non-hydrogen) atoms. The summed E-state index contributed by atoms with van der Waals surface area (Å²) in [4.78, 5) is 35.1. The van der Waals surface area contributed by atoms with Gasteiger partial charge in [0.2, 0.25) is 0 Å². The molecule has 1 N–H and O–H groups in total. The lowest BCUT2D eigenvalue weighted by molar-refractivity contribution is -0.156. The number of amides is 1. The molecule has 0 unspecified atom stereocenters. The first-order valence-electron chi connectivity index (χ1n) is 7.26. The quantitative estimate of drug-likeness (QED) is 0.585. The third kappa shape index (κ3) is 5.51. The number of aldehydes is 1. The van der Waals surface area contributed by atoms with Crippen molar-refractivity contribution >= 4 is 29.5 Å². The van der Waals surface area contributed by atoms with Gasteiger partial charge in [-0.2, -0.15) is 0 Å². The zero-order valence-corrected chi connectivity index (χ0v) is 13.9. The molecule has 0 aliphatic heterocycles. The molecule has 7 heteroatoms. The van der Waals surface area contributed by atoms with Crippen LogP contribution in [0.2, 0.25) is 0 Å². The first kappa shape index (κ1) is 17.7. The molecule has 1 atom stereocenters. The average Bonchev–Trinajstić information content (AvgIpc) is 3.11. The second-order valence-electron chi connectivity index (χ2n) is 4.90. The van der Waals surface area contributed by atoms with E-state index in [1.165, 1.54) is 18.3 Å². The van der Waals surface area contributed by atoms with Crippen LogP contribution in [0.4, 0.5) is 0 Å². The van der Waals surface area contributed by atoms with Crippen LogP contribution in [0.15, 0.2) is 41.8 Å². The second kappa shape index (κ2) is 8.83. The highest BCUT2D eigenvalue weighted by Gasteiger charge is 2.18. The van der Waals surface area contributed by atoms with Gasteiger partial charge in [0, 0.05) is 10.4 Å². The number of thiophene rings is 1. The van der Waals surface area contributed by atoms with Crippen molar-refractivity contribution in [3.63, 3.8) is 0 Å². The van der Waals surface area contributed by atoms with E-state index in [0.717, 1.165) is 4.88 Å². The fourth-order valence-corrected chi connectivity index (χ4v) is 2.45. The molecule has 6 nitrogen and oxygen atoms in total. The Labute approximate surface area is 143 Å². The molecule has 0 bridgehead atoms. The lowest BCUT2D eigenvalue weighted by Gasteiger charge is -2.13. The summed E-state index contributed by atoms with van der Waals surface area (Å²) in [7, 11) is 0. The van der Waals surface area contributed by atoms with Gasteiger partial charge in [-0.1, -0.05) is 6.07 Å². The summed E-state index contributed by atoms with van der Waals surface area (Å²) in [5.74, 6) is -0.576. The molecule has 0 saturated carbocycles. The molecule has 2 aromatic rings. The summed E-state index contributed by atoms with van der Waals surface area (Å²) in [5.41, 5.74) is 0.515. The number of carbonyl (C=O) groups excluding carboxylic acids is 3. The van der Waals surface area contributed by atoms with Crippen molar-refractivity contribution in [3.05, 3.63) is 52.2 Å². The highest BCUT2D eigenvalue weighted by Crippen LogP contribution is 2.11. The van der Waals surface area contributed by atoms with Gasteiger partial charge in [0.1, 0.15) is 12.0 Å². The molecule has 0 radical (unpaired) electrons. The van der Waals surface area contributed by atoms with Crippen molar-refractivity contribution in [2.45, 2.75) is 19.6 Å². The molecule has 1 aromatic carbocycles. The van der Waals surface area contributed by atoms with Crippen molar-refractivity contribution in [2.75, 3.05) is 6.61 Å². The van der Waals surface area contributed by atoms with Gasteiger partial charge in [0.25, 0.3) is 5.91 Å². The van der Waals surface area contributed by atoms with Crippen molar-refractivity contribution in [2.24, 2.45) is 0 Å². The van der Waals surface area contributed by atoms with Crippen LogP contribution in [-0.2, 0) is 20.9 Å². The number of carbonyl (C=O) groups is 3. The number of esters is 1. The Bertz CT molecular complexity index is 682. The molecular weight excluding hydrogens is 330 g/mol. The lowest BCUT2D eigenvalue weighted by Crippen LogP contribution is -2.36. The molecule has 126 valence electrons. The smallest absolute Gasteiger partial charge is 0.344 e. The van der Waals surface area contributed by atoms with Crippen LogP contribution in [0, 0.1) is 0 Å². The average molecular weight is 347 g/mol. The minimum atomic E-state index is -0.904. The van der Waals surface area contributed by atoms with Gasteiger partial charge in [-0.25, -0.2) is 4.79 Å². The van der Waals surface area contributed by atoms with Crippen LogP contribution in [0.25, 0.3) is 0 Å². The molecule has 1 aromatic heterocycles. The van der Waals surface area contributed by atoms with Crippen LogP contribution in [0.5, 0.6) is 5.75 Å². The van der Waals surface area contributed by atoms with Gasteiger partial charge in [0.15, 0.2) is 12.7 Å². The van der Waals surface area contributed by atoms with Crippen molar-refractivity contribution in [1.29, 1.82) is 0 Å². The molecule has 0 aliphatic rings. The minimum absolute atomic E-state index is 0.316. The van der Waals surface area contributed by atoms with E-state index in [1.807, 2.05) is 17.5 Å². The van der Waals surface area contributed by atoms with Crippen LogP contribution in [0.1, 0.15) is 22.2 Å². The van der Waals surface area contributed by atoms with E-state index in [4.69, 9.17) is 9.47 Å². The Kier molecular flexibility index (Phi) is 6.51. The van der Waals surface area contributed by atoms with E-state index >= 15 is 0 Å². The van der Waals surface area contributed by atoms with Crippen LogP contribution in [0.3, 0.4) is 0 Å². The van der Waals surface area contributed by atoms with Crippen LogP contribution in [-0.4, -0.2) is 30.9 Å². The Morgan fingerprint density at radius 1 is 1.25 bits per heavy atom. The molecular formula is C17H17NO5S. The normalized spacial score (nSPS) is 11.4. The van der Waals surface area contributed by atoms with Gasteiger partial charge in [-0.05, 0) is 42.6 Å². The fourth-order valence-electron chi connectivity index (χ4n) is 1.80. The highest BCUT2D eigenvalue weighted by atomic mass is 32.1. The SMILES string of the molecule is C[C@@H](OC(=O)COc1ccc(C=O)cc1)C(=O)NCc1cccs1. The monoisotopic (exact) mass is 347 g/mol. The maximum atomic E-state index is 11.9. The molecule has 1 amide bonds. The largest absolute Gasteiger partial charge is 0.482 e. The summed E-state index contributed by atoms with van der Waals surface area (Å²) in [6.45, 7) is 1.58. The summed E-state index contributed by atoms with van der Waals surface area (Å²) in [6.07, 6.45) is -0.187. The maximum Gasteiger partial charge on any atom is 0.344 e. The number of benzene rings is 1. The van der Waals surface area contributed by atoms with Crippen molar-refractivity contribution in [3.8, 4) is 5.75 Å². The first-order valence-corrected chi connectivity index (χ1v) is 8.14. The van der Waals surface area contributed by atoms with Crippen LogP contribution >= 0.6 is 11.3 Å². The molecule has 0 aliphatic carbocycles. The van der Waals surface area contributed by atoms with Gasteiger partial charge < -0.3 is 14.8 Å². The number of rotatable bonds is 8. The van der Waals surface area contributed by atoms with E-state index in [0.29, 0.717) is 24.1 Å². The van der Waals surface area contributed by atoms with Crippen LogP contribution < -0.4 is 10.1 Å². The standard InChI is InChI=1S/C17H17NO5S/c1-12(17(21)18-9-15-3-2-8-24-15)23-16(20)11-22-14-6-4-13(10-19)5-7-14/h2-8,10,12H,9,11H2,1H3,(H,18,21)/t12-/m1/s1. The zero-order valence-electron chi connectivity index (χ0n) is 13.1. The summed E-state index contributed by atoms with van der Waals surface area (Å²) in [6, 6.07) is 10.1. The van der Waals surface area contributed by atoms with Gasteiger partial charge >= 0.3 is 5.97 Å². The first-order chi connectivity index (χ1) is 11.6. The molecule has 0 spiro atoms. The van der Waals surface area contributed by atoms with E-state index in [2.05, 4.69) is 5.32 Å². The summed E-state index contributed by atoms with van der Waals surface area (Å²) in [5, 5.41) is 4.62. The second-order valence-corrected chi connectivity index (χ2v) is 5.94. The number of ether oxygens (including phenoxy) is 2. The highest BCUT2D eigenvalue weighted by molar-refractivity contribution is 7.09. The third-order valence-corrected chi connectivity index (χ3v) is 3.94. The predicted molar refractivity (Wildman–Crippen MR) is 89.0 cm³/mol. The molecule has 0 saturated heterocycles. The molecule has 0 fully saturated rings. The zero-order chi connectivity index (χ0) is 17.4. The van der Waals surface area contributed by atoms with Crippen molar-refractivity contribution in [1.82, 2.24) is 5.32 Å². The lowest BCUT2D eigenvalue weighted by atomic mass is 10.2. The number of hydrogen-bond acceptors (Lipinski definition) is 6. The summed E-state index contributed by atoms with van der Waals surface area (Å²) < 4.78 is 10.3. The van der Waals surface area contributed by atoms with E-state index in [9.17, 15) is 14.4 Å². The maximum absolute atomic E-state index is 11.9. The minimum Gasteiger partial charge on any atom is -0.482 e. The van der Waals surface area contributed by atoms with E-state index in [-0.39, 0.29) is 12.5 Å². The van der Waals surface area contributed by atoms with Crippen molar-refractivity contribution < 1.29 is 23.9 Å². The Morgan fingerprint density at radius 3 is 2.62 bits per heavy atom. The Hall–Kier alpha value is -2.67. The third-order valence-electron chi connectivity index (χ3n) is 3.07. The molecule has 2 rings (SSSR count). The Morgan fingerprint density at radius 2 is 2.00 bits per heavy atom. The predicted octanol–water partition coefficient (Wildman–Crippen LogP) is 2.19. The molecule has 1 heterocycles. The van der Waals surface area contributed by atoms with Gasteiger partial charge in [0.05, 0.1) is 6.54 Å². The topological polar surface area (TPSA) is 81.7 Å². The fraction of sp³-hybridized carbons (Fsp3) is 0.235.